The van der Waals surface area contributed by atoms with Gasteiger partial charge >= 0.3 is 0 Å². The summed E-state index contributed by atoms with van der Waals surface area (Å²) in [5.41, 5.74) is 7.53. The second-order valence-corrected chi connectivity index (χ2v) is 5.39. The first-order chi connectivity index (χ1) is 10.1. The number of nitrogens with two attached hydrogens (primary N) is 1. The Morgan fingerprint density at radius 2 is 2.18 bits per heavy atom. The van der Waals surface area contributed by atoms with Gasteiger partial charge < -0.3 is 20.5 Å². The lowest BCUT2D eigenvalue weighted by atomic mass is 10.1. The zero-order chi connectivity index (χ0) is 15.1. The van der Waals surface area contributed by atoms with E-state index in [9.17, 15) is 4.79 Å². The van der Waals surface area contributed by atoms with Crippen LogP contribution in [0.3, 0.4) is 0 Å². The molecule has 0 bridgehead atoms. The van der Waals surface area contributed by atoms with E-state index in [1.54, 1.807) is 6.92 Å². The van der Waals surface area contributed by atoms with E-state index in [-0.39, 0.29) is 24.4 Å². The highest BCUT2D eigenvalue weighted by molar-refractivity contribution is 5.85. The third kappa shape index (κ3) is 6.22. The van der Waals surface area contributed by atoms with Crippen molar-refractivity contribution in [2.75, 3.05) is 25.5 Å². The topological polar surface area (TPSA) is 73.6 Å². The smallest absolute Gasteiger partial charge is 0.248 e. The normalized spacial score (nSPS) is 18.5. The van der Waals surface area contributed by atoms with Gasteiger partial charge in [-0.2, -0.15) is 0 Å². The van der Waals surface area contributed by atoms with Gasteiger partial charge in [0.05, 0.1) is 12.7 Å². The average molecular weight is 329 g/mol. The Morgan fingerprint density at radius 3 is 2.82 bits per heavy atom. The molecule has 5 nitrogen and oxygen atoms in total. The molecule has 0 radical (unpaired) electrons. The lowest BCUT2D eigenvalue weighted by Gasteiger charge is -2.16. The lowest BCUT2D eigenvalue weighted by Crippen LogP contribution is -2.37. The maximum Gasteiger partial charge on any atom is 0.248 e. The first kappa shape index (κ1) is 18.7. The Kier molecular flexibility index (Phi) is 8.24. The van der Waals surface area contributed by atoms with Gasteiger partial charge in [-0.05, 0) is 43.9 Å². The van der Waals surface area contributed by atoms with Crippen LogP contribution in [0.1, 0.15) is 25.3 Å². The van der Waals surface area contributed by atoms with E-state index in [0.29, 0.717) is 13.2 Å². The Balaban J connectivity index is 0.00000242. The number of carbonyl (C=O) groups is 1. The van der Waals surface area contributed by atoms with Crippen LogP contribution in [0.4, 0.5) is 5.69 Å². The number of rotatable bonds is 7. The molecule has 22 heavy (non-hydrogen) atoms. The van der Waals surface area contributed by atoms with E-state index in [1.807, 2.05) is 24.3 Å². The summed E-state index contributed by atoms with van der Waals surface area (Å²) in [5.74, 6) is -0.0801. The number of benzene rings is 1. The molecule has 1 aliphatic heterocycles. The second kappa shape index (κ2) is 9.66. The first-order valence-corrected chi connectivity index (χ1v) is 7.50. The molecule has 0 aromatic heterocycles. The van der Waals surface area contributed by atoms with Crippen molar-refractivity contribution < 1.29 is 14.3 Å². The number of hydrogen-bond acceptors (Lipinski definition) is 4. The van der Waals surface area contributed by atoms with Crippen LogP contribution in [0.25, 0.3) is 0 Å². The van der Waals surface area contributed by atoms with Crippen molar-refractivity contribution in [3.8, 4) is 0 Å². The van der Waals surface area contributed by atoms with Crippen LogP contribution in [0.15, 0.2) is 24.3 Å². The van der Waals surface area contributed by atoms with Gasteiger partial charge in [0.2, 0.25) is 5.91 Å². The van der Waals surface area contributed by atoms with Crippen LogP contribution in [-0.2, 0) is 20.7 Å². The molecule has 1 aromatic rings. The quantitative estimate of drug-likeness (QED) is 0.750. The number of anilines is 1. The molecule has 1 saturated heterocycles. The molecule has 1 aliphatic rings. The van der Waals surface area contributed by atoms with Crippen molar-refractivity contribution in [3.63, 3.8) is 0 Å². The Hall–Kier alpha value is -1.30. The molecule has 2 rings (SSSR count). The van der Waals surface area contributed by atoms with Crippen molar-refractivity contribution in [2.45, 2.75) is 38.4 Å². The van der Waals surface area contributed by atoms with Gasteiger partial charge in [-0.25, -0.2) is 0 Å². The van der Waals surface area contributed by atoms with E-state index >= 15 is 0 Å². The summed E-state index contributed by atoms with van der Waals surface area (Å²) in [6.07, 6.45) is 2.59. The molecule has 2 atom stereocenters. The predicted octanol–water partition coefficient (Wildman–Crippen LogP) is 1.93. The maximum atomic E-state index is 11.9. The molecular formula is C16H25ClN2O3. The summed E-state index contributed by atoms with van der Waals surface area (Å²) < 4.78 is 11.0. The summed E-state index contributed by atoms with van der Waals surface area (Å²) in [5, 5.41) is 2.88. The number of carbonyl (C=O) groups excluding carboxylic acids is 1. The van der Waals surface area contributed by atoms with Crippen molar-refractivity contribution >= 4 is 24.0 Å². The fourth-order valence-corrected chi connectivity index (χ4v) is 2.26. The monoisotopic (exact) mass is 328 g/mol. The molecule has 1 heterocycles. The van der Waals surface area contributed by atoms with Gasteiger partial charge in [0.15, 0.2) is 0 Å². The Morgan fingerprint density at radius 1 is 1.45 bits per heavy atom. The lowest BCUT2D eigenvalue weighted by molar-refractivity contribution is -0.133. The van der Waals surface area contributed by atoms with E-state index in [1.165, 1.54) is 0 Å². The molecule has 124 valence electrons. The van der Waals surface area contributed by atoms with Crippen LogP contribution >= 0.6 is 12.4 Å². The van der Waals surface area contributed by atoms with Gasteiger partial charge in [0, 0.05) is 18.8 Å². The zero-order valence-electron chi connectivity index (χ0n) is 12.9. The number of nitrogen functional groups attached to an aromatic ring is 1. The van der Waals surface area contributed by atoms with Crippen LogP contribution in [0.2, 0.25) is 0 Å². The van der Waals surface area contributed by atoms with Crippen molar-refractivity contribution in [3.05, 3.63) is 29.8 Å². The molecule has 1 amide bonds. The summed E-state index contributed by atoms with van der Waals surface area (Å²) in [6.45, 7) is 3.66. The van der Waals surface area contributed by atoms with E-state index < -0.39 is 6.10 Å². The van der Waals surface area contributed by atoms with Crippen LogP contribution in [0, 0.1) is 0 Å². The summed E-state index contributed by atoms with van der Waals surface area (Å²) in [7, 11) is 0. The van der Waals surface area contributed by atoms with Crippen molar-refractivity contribution in [2.24, 2.45) is 0 Å². The number of hydrogen-bond donors (Lipinski definition) is 2. The highest BCUT2D eigenvalue weighted by Gasteiger charge is 2.19. The number of halogens is 1. The van der Waals surface area contributed by atoms with Crippen LogP contribution in [-0.4, -0.2) is 37.9 Å². The van der Waals surface area contributed by atoms with Gasteiger partial charge in [-0.15, -0.1) is 12.4 Å². The van der Waals surface area contributed by atoms with Gasteiger partial charge in [0.1, 0.15) is 6.10 Å². The van der Waals surface area contributed by atoms with E-state index in [2.05, 4.69) is 5.32 Å². The average Bonchev–Trinajstić information content (AvgIpc) is 3.00. The minimum atomic E-state index is -0.444. The zero-order valence-corrected chi connectivity index (χ0v) is 13.7. The summed E-state index contributed by atoms with van der Waals surface area (Å²) >= 11 is 0. The fraction of sp³-hybridized carbons (Fsp3) is 0.562. The van der Waals surface area contributed by atoms with Gasteiger partial charge in [-0.1, -0.05) is 12.1 Å². The van der Waals surface area contributed by atoms with Crippen LogP contribution < -0.4 is 11.1 Å². The van der Waals surface area contributed by atoms with E-state index in [0.717, 1.165) is 37.1 Å². The minimum absolute atomic E-state index is 0. The molecule has 1 fully saturated rings. The molecule has 0 saturated carbocycles. The summed E-state index contributed by atoms with van der Waals surface area (Å²) in [4.78, 5) is 11.9. The SMILES string of the molecule is CC(OCC1CCCO1)C(=O)NCCc1ccc(N)cc1.Cl. The van der Waals surface area contributed by atoms with Crippen molar-refractivity contribution in [1.29, 1.82) is 0 Å². The first-order valence-electron chi connectivity index (χ1n) is 7.50. The van der Waals surface area contributed by atoms with Crippen LogP contribution in [0.5, 0.6) is 0 Å². The van der Waals surface area contributed by atoms with Gasteiger partial charge in [-0.3, -0.25) is 4.79 Å². The molecule has 0 aliphatic carbocycles. The third-order valence-corrected chi connectivity index (χ3v) is 3.62. The molecule has 2 unspecified atom stereocenters. The van der Waals surface area contributed by atoms with Crippen molar-refractivity contribution in [1.82, 2.24) is 5.32 Å². The second-order valence-electron chi connectivity index (χ2n) is 5.39. The highest BCUT2D eigenvalue weighted by Crippen LogP contribution is 2.12. The predicted molar refractivity (Wildman–Crippen MR) is 89.2 cm³/mol. The van der Waals surface area contributed by atoms with Gasteiger partial charge in [0.25, 0.3) is 0 Å². The number of amides is 1. The standard InChI is InChI=1S/C16H24N2O3.ClH/c1-12(21-11-15-3-2-10-20-15)16(19)18-9-8-13-4-6-14(17)7-5-13;/h4-7,12,15H,2-3,8-11,17H2,1H3,(H,18,19);1H. The summed E-state index contributed by atoms with van der Waals surface area (Å²) in [6, 6.07) is 7.67. The molecule has 3 N–H and O–H groups in total. The number of ether oxygens (including phenoxy) is 2. The highest BCUT2D eigenvalue weighted by atomic mass is 35.5. The Labute approximate surface area is 138 Å². The molecule has 0 spiro atoms. The minimum Gasteiger partial charge on any atom is -0.399 e. The van der Waals surface area contributed by atoms with E-state index in [4.69, 9.17) is 15.2 Å². The molecular weight excluding hydrogens is 304 g/mol. The number of nitrogens with one attached hydrogen (secondary N) is 1. The fourth-order valence-electron chi connectivity index (χ4n) is 2.26. The Bertz CT molecular complexity index is 447. The largest absolute Gasteiger partial charge is 0.399 e. The molecule has 6 heteroatoms. The third-order valence-electron chi connectivity index (χ3n) is 3.62. The maximum absolute atomic E-state index is 11.9. The molecule has 1 aromatic carbocycles.